The molecule has 2 unspecified atom stereocenters. The highest BCUT2D eigenvalue weighted by Gasteiger charge is 2.29. The van der Waals surface area contributed by atoms with Gasteiger partial charge in [-0.15, -0.1) is 0 Å². The van der Waals surface area contributed by atoms with Gasteiger partial charge in [-0.1, -0.05) is 60.2 Å². The monoisotopic (exact) mass is 449 g/mol. The molecule has 6 nitrogen and oxygen atoms in total. The average Bonchev–Trinajstić information content (AvgIpc) is 2.85. The molecule has 2 atom stereocenters. The van der Waals surface area contributed by atoms with Crippen LogP contribution in [0.25, 0.3) is 0 Å². The minimum atomic E-state index is -0.583. The first kappa shape index (κ1) is 23.2. The Morgan fingerprint density at radius 2 is 1.88 bits per heavy atom. The van der Waals surface area contributed by atoms with Gasteiger partial charge in [0.2, 0.25) is 5.43 Å². The number of pyridine rings is 1. The van der Waals surface area contributed by atoms with Crippen molar-refractivity contribution >= 4 is 0 Å². The Labute approximate surface area is 194 Å². The number of benzene rings is 2. The quantitative estimate of drug-likeness (QED) is 0.526. The molecule has 2 aromatic carbocycles. The summed E-state index contributed by atoms with van der Waals surface area (Å²) in [4.78, 5) is 13.0. The molecule has 33 heavy (non-hydrogen) atoms. The summed E-state index contributed by atoms with van der Waals surface area (Å²) in [5.41, 5.74) is 3.36. The second-order valence-electron chi connectivity index (χ2n) is 8.31. The van der Waals surface area contributed by atoms with E-state index in [0.29, 0.717) is 18.8 Å². The van der Waals surface area contributed by atoms with Gasteiger partial charge in [-0.05, 0) is 37.3 Å². The van der Waals surface area contributed by atoms with Crippen molar-refractivity contribution in [1.29, 1.82) is 0 Å². The van der Waals surface area contributed by atoms with Gasteiger partial charge in [0.25, 0.3) is 0 Å². The Bertz CT molecular complexity index is 1070. The first-order valence-corrected chi connectivity index (χ1v) is 11.5. The van der Waals surface area contributed by atoms with Gasteiger partial charge in [-0.3, -0.25) is 4.79 Å². The third kappa shape index (κ3) is 5.90. The van der Waals surface area contributed by atoms with E-state index in [1.165, 1.54) is 6.07 Å². The largest absolute Gasteiger partial charge is 0.483 e. The Kier molecular flexibility index (Phi) is 7.94. The molecule has 1 N–H and O–H groups in total. The van der Waals surface area contributed by atoms with Crippen molar-refractivity contribution in [3.8, 4) is 5.75 Å². The van der Waals surface area contributed by atoms with E-state index in [2.05, 4.69) is 0 Å². The lowest BCUT2D eigenvalue weighted by Gasteiger charge is -2.30. The summed E-state index contributed by atoms with van der Waals surface area (Å²) < 4.78 is 20.3. The first-order chi connectivity index (χ1) is 16.2. The molecule has 1 aliphatic heterocycles. The highest BCUT2D eigenvalue weighted by atomic mass is 16.7. The second kappa shape index (κ2) is 11.3. The minimum Gasteiger partial charge on any atom is -0.483 e. The maximum Gasteiger partial charge on any atom is 0.223 e. The summed E-state index contributed by atoms with van der Waals surface area (Å²) in [7, 11) is 0. The van der Waals surface area contributed by atoms with Crippen LogP contribution < -0.4 is 10.2 Å². The molecule has 0 bridgehead atoms. The Morgan fingerprint density at radius 3 is 2.58 bits per heavy atom. The Balaban J connectivity index is 1.77. The number of aliphatic hydroxyl groups is 1. The number of hydrogen-bond acceptors (Lipinski definition) is 5. The maximum atomic E-state index is 13.0. The Morgan fingerprint density at radius 1 is 1.09 bits per heavy atom. The molecule has 0 radical (unpaired) electrons. The van der Waals surface area contributed by atoms with Crippen LogP contribution in [-0.2, 0) is 22.6 Å². The number of nitrogens with zero attached hydrogens (tertiary/aromatic N) is 1. The fraction of sp³-hybridized carbons (Fsp3) is 0.370. The van der Waals surface area contributed by atoms with Gasteiger partial charge < -0.3 is 23.9 Å². The molecule has 0 saturated carbocycles. The van der Waals surface area contributed by atoms with Crippen LogP contribution in [0.2, 0.25) is 0 Å². The van der Waals surface area contributed by atoms with Crippen LogP contribution in [0.1, 0.15) is 47.8 Å². The lowest BCUT2D eigenvalue weighted by molar-refractivity contribution is -0.183. The van der Waals surface area contributed by atoms with Crippen molar-refractivity contribution in [2.75, 3.05) is 13.2 Å². The van der Waals surface area contributed by atoms with E-state index in [9.17, 15) is 9.90 Å². The fourth-order valence-electron chi connectivity index (χ4n) is 4.03. The molecule has 1 aliphatic rings. The number of aromatic nitrogens is 1. The van der Waals surface area contributed by atoms with Crippen LogP contribution in [0.4, 0.5) is 0 Å². The maximum absolute atomic E-state index is 13.0. The standard InChI is InChI=1S/C27H31NO5/c1-20-10-12-22(13-11-20)26(33-24-9-5-6-18-31-24)25-27(23(30)14-15-28(25)16-17-29)32-19-21-7-3-2-4-8-21/h2-4,7-8,10-15,24,26,29H,5-6,9,16-19H2,1H3. The zero-order chi connectivity index (χ0) is 23.0. The van der Waals surface area contributed by atoms with Crippen LogP contribution in [0.5, 0.6) is 5.75 Å². The third-order valence-corrected chi connectivity index (χ3v) is 5.79. The van der Waals surface area contributed by atoms with Gasteiger partial charge in [-0.2, -0.15) is 0 Å². The molecule has 0 amide bonds. The molecule has 6 heteroatoms. The highest BCUT2D eigenvalue weighted by Crippen LogP contribution is 2.34. The summed E-state index contributed by atoms with van der Waals surface area (Å²) in [6.45, 7) is 3.18. The highest BCUT2D eigenvalue weighted by molar-refractivity contribution is 5.38. The van der Waals surface area contributed by atoms with Crippen LogP contribution >= 0.6 is 0 Å². The van der Waals surface area contributed by atoms with Crippen molar-refractivity contribution < 1.29 is 19.3 Å². The zero-order valence-corrected chi connectivity index (χ0v) is 19.0. The van der Waals surface area contributed by atoms with E-state index in [0.717, 1.165) is 36.0 Å². The average molecular weight is 450 g/mol. The molecule has 0 aliphatic carbocycles. The number of ether oxygens (including phenoxy) is 3. The van der Waals surface area contributed by atoms with E-state index >= 15 is 0 Å². The normalized spacial score (nSPS) is 17.0. The fourth-order valence-corrected chi connectivity index (χ4v) is 4.03. The topological polar surface area (TPSA) is 69.9 Å². The van der Waals surface area contributed by atoms with Crippen molar-refractivity contribution in [3.63, 3.8) is 0 Å². The minimum absolute atomic E-state index is 0.0749. The van der Waals surface area contributed by atoms with E-state index in [4.69, 9.17) is 14.2 Å². The molecule has 3 aromatic rings. The first-order valence-electron chi connectivity index (χ1n) is 11.5. The molecule has 1 fully saturated rings. The lowest BCUT2D eigenvalue weighted by atomic mass is 10.0. The summed E-state index contributed by atoms with van der Waals surface area (Å²) in [5, 5.41) is 9.72. The molecule has 4 rings (SSSR count). The second-order valence-corrected chi connectivity index (χ2v) is 8.31. The number of aliphatic hydroxyl groups excluding tert-OH is 1. The smallest absolute Gasteiger partial charge is 0.223 e. The number of hydrogen-bond donors (Lipinski definition) is 1. The predicted molar refractivity (Wildman–Crippen MR) is 126 cm³/mol. The molecule has 2 heterocycles. The Hall–Kier alpha value is -2.93. The van der Waals surface area contributed by atoms with Crippen LogP contribution in [0.15, 0.2) is 71.7 Å². The molecule has 0 spiro atoms. The van der Waals surface area contributed by atoms with Crippen molar-refractivity contribution in [1.82, 2.24) is 4.57 Å². The SMILES string of the molecule is Cc1ccc(C(OC2CCCCO2)c2c(OCc3ccccc3)c(=O)ccn2CCO)cc1. The number of rotatable bonds is 9. The van der Waals surface area contributed by atoms with Crippen molar-refractivity contribution in [2.24, 2.45) is 0 Å². The molecule has 174 valence electrons. The van der Waals surface area contributed by atoms with Gasteiger partial charge in [0.15, 0.2) is 12.0 Å². The zero-order valence-electron chi connectivity index (χ0n) is 19.0. The van der Waals surface area contributed by atoms with Gasteiger partial charge in [0, 0.05) is 25.4 Å². The van der Waals surface area contributed by atoms with Crippen molar-refractivity contribution in [2.45, 2.75) is 51.7 Å². The third-order valence-electron chi connectivity index (χ3n) is 5.79. The molecular formula is C27H31NO5. The van der Waals surface area contributed by atoms with Crippen LogP contribution in [0, 0.1) is 6.92 Å². The summed E-state index contributed by atoms with van der Waals surface area (Å²) >= 11 is 0. The number of aryl methyl sites for hydroxylation is 1. The summed E-state index contributed by atoms with van der Waals surface area (Å²) in [6, 6.07) is 19.3. The summed E-state index contributed by atoms with van der Waals surface area (Å²) in [6.07, 6.45) is 3.57. The van der Waals surface area contributed by atoms with E-state index < -0.39 is 6.10 Å². The van der Waals surface area contributed by atoms with Gasteiger partial charge in [0.1, 0.15) is 12.7 Å². The summed E-state index contributed by atoms with van der Waals surface area (Å²) in [5.74, 6) is 0.233. The van der Waals surface area contributed by atoms with Gasteiger partial charge in [0.05, 0.1) is 12.3 Å². The van der Waals surface area contributed by atoms with Gasteiger partial charge in [-0.25, -0.2) is 0 Å². The molecule has 1 aromatic heterocycles. The van der Waals surface area contributed by atoms with Crippen molar-refractivity contribution in [3.05, 3.63) is 99.5 Å². The van der Waals surface area contributed by atoms with Crippen LogP contribution in [0.3, 0.4) is 0 Å². The van der Waals surface area contributed by atoms with E-state index in [1.807, 2.05) is 66.1 Å². The van der Waals surface area contributed by atoms with E-state index in [-0.39, 0.29) is 30.7 Å². The lowest BCUT2D eigenvalue weighted by Crippen LogP contribution is -2.28. The van der Waals surface area contributed by atoms with Gasteiger partial charge >= 0.3 is 0 Å². The molecular weight excluding hydrogens is 418 g/mol. The van der Waals surface area contributed by atoms with Crippen LogP contribution in [-0.4, -0.2) is 29.2 Å². The predicted octanol–water partition coefficient (Wildman–Crippen LogP) is 4.36. The molecule has 1 saturated heterocycles. The van der Waals surface area contributed by atoms with E-state index in [1.54, 1.807) is 6.20 Å².